The van der Waals surface area contributed by atoms with Crippen molar-refractivity contribution in [3.63, 3.8) is 0 Å². The van der Waals surface area contributed by atoms with Crippen LogP contribution in [0.25, 0.3) is 0 Å². The molecule has 80 valence electrons. The van der Waals surface area contributed by atoms with E-state index in [2.05, 4.69) is 10.6 Å². The highest BCUT2D eigenvalue weighted by Gasteiger charge is 2.37. The Morgan fingerprint density at radius 1 is 1.57 bits per heavy atom. The van der Waals surface area contributed by atoms with Crippen molar-refractivity contribution < 1.29 is 14.3 Å². The second-order valence-corrected chi connectivity index (χ2v) is 3.50. The summed E-state index contributed by atoms with van der Waals surface area (Å²) < 4.78 is 4.80. The minimum absolute atomic E-state index is 0.0761. The van der Waals surface area contributed by atoms with E-state index in [0.717, 1.165) is 0 Å². The Morgan fingerprint density at radius 2 is 2.29 bits per heavy atom. The van der Waals surface area contributed by atoms with Crippen LogP contribution in [0, 0.1) is 0 Å². The van der Waals surface area contributed by atoms with E-state index >= 15 is 0 Å². The van der Waals surface area contributed by atoms with E-state index in [0.29, 0.717) is 19.7 Å². The molecule has 0 aromatic carbocycles. The van der Waals surface area contributed by atoms with Crippen molar-refractivity contribution in [3.8, 4) is 0 Å². The standard InChI is InChI=1S/C9H16N2O3/c1-3-14-7(12)6-9(2)8(13)10-4-5-11-9/h11H,3-6H2,1-2H3,(H,10,13). The summed E-state index contributed by atoms with van der Waals surface area (Å²) in [7, 11) is 0. The van der Waals surface area contributed by atoms with Gasteiger partial charge in [-0.1, -0.05) is 0 Å². The van der Waals surface area contributed by atoms with Crippen LogP contribution in [0.3, 0.4) is 0 Å². The highest BCUT2D eigenvalue weighted by atomic mass is 16.5. The van der Waals surface area contributed by atoms with Gasteiger partial charge in [0.2, 0.25) is 5.91 Å². The second kappa shape index (κ2) is 4.41. The molecule has 1 aliphatic heterocycles. The number of carbonyl (C=O) groups excluding carboxylic acids is 2. The summed E-state index contributed by atoms with van der Waals surface area (Å²) in [6.45, 7) is 5.09. The van der Waals surface area contributed by atoms with Gasteiger partial charge in [-0.25, -0.2) is 0 Å². The lowest BCUT2D eigenvalue weighted by molar-refractivity contribution is -0.148. The molecule has 1 saturated heterocycles. The minimum atomic E-state index is -0.815. The van der Waals surface area contributed by atoms with Crippen LogP contribution >= 0.6 is 0 Å². The van der Waals surface area contributed by atoms with E-state index in [1.165, 1.54) is 0 Å². The predicted octanol–water partition coefficient (Wildman–Crippen LogP) is -0.582. The average Bonchev–Trinajstić information content (AvgIpc) is 2.10. The van der Waals surface area contributed by atoms with E-state index in [9.17, 15) is 9.59 Å². The highest BCUT2D eigenvalue weighted by molar-refractivity contribution is 5.91. The molecule has 5 heteroatoms. The predicted molar refractivity (Wildman–Crippen MR) is 50.7 cm³/mol. The molecule has 2 N–H and O–H groups in total. The normalized spacial score (nSPS) is 26.9. The molecule has 1 amide bonds. The molecule has 0 spiro atoms. The van der Waals surface area contributed by atoms with Gasteiger partial charge in [0.1, 0.15) is 5.54 Å². The molecule has 1 rings (SSSR count). The first kappa shape index (κ1) is 11.0. The van der Waals surface area contributed by atoms with E-state index in [1.54, 1.807) is 13.8 Å². The Balaban J connectivity index is 2.55. The van der Waals surface area contributed by atoms with Crippen molar-refractivity contribution in [2.24, 2.45) is 0 Å². The molecule has 0 aliphatic carbocycles. The third-order valence-electron chi connectivity index (χ3n) is 2.23. The Morgan fingerprint density at radius 3 is 2.86 bits per heavy atom. The van der Waals surface area contributed by atoms with Gasteiger partial charge in [-0.3, -0.25) is 9.59 Å². The third-order valence-corrected chi connectivity index (χ3v) is 2.23. The minimum Gasteiger partial charge on any atom is -0.466 e. The van der Waals surface area contributed by atoms with Gasteiger partial charge in [0.15, 0.2) is 0 Å². The fourth-order valence-electron chi connectivity index (χ4n) is 1.43. The third kappa shape index (κ3) is 2.45. The van der Waals surface area contributed by atoms with Gasteiger partial charge >= 0.3 is 5.97 Å². The first-order chi connectivity index (χ1) is 6.58. The van der Waals surface area contributed by atoms with Gasteiger partial charge < -0.3 is 15.4 Å². The Bertz CT molecular complexity index is 242. The lowest BCUT2D eigenvalue weighted by Gasteiger charge is -2.32. The van der Waals surface area contributed by atoms with Crippen LogP contribution in [-0.2, 0) is 14.3 Å². The Labute approximate surface area is 83.2 Å². The lowest BCUT2D eigenvalue weighted by atomic mass is 9.95. The molecule has 1 fully saturated rings. The number of nitrogens with one attached hydrogen (secondary N) is 2. The van der Waals surface area contributed by atoms with Gasteiger partial charge in [-0.05, 0) is 13.8 Å². The molecule has 0 bridgehead atoms. The van der Waals surface area contributed by atoms with Crippen molar-refractivity contribution in [2.45, 2.75) is 25.8 Å². The molecule has 5 nitrogen and oxygen atoms in total. The number of ether oxygens (including phenoxy) is 1. The van der Waals surface area contributed by atoms with Crippen LogP contribution in [0.4, 0.5) is 0 Å². The first-order valence-corrected chi connectivity index (χ1v) is 4.77. The number of esters is 1. The molecule has 0 aromatic rings. The molecular formula is C9H16N2O3. The quantitative estimate of drug-likeness (QED) is 0.598. The largest absolute Gasteiger partial charge is 0.466 e. The molecule has 0 saturated carbocycles. The molecule has 0 radical (unpaired) electrons. The van der Waals surface area contributed by atoms with Gasteiger partial charge in [0.05, 0.1) is 13.0 Å². The molecule has 1 heterocycles. The van der Waals surface area contributed by atoms with Gasteiger partial charge in [0.25, 0.3) is 0 Å². The molecule has 1 unspecified atom stereocenters. The summed E-state index contributed by atoms with van der Waals surface area (Å²) in [5.41, 5.74) is -0.815. The molecule has 0 aromatic heterocycles. The van der Waals surface area contributed by atoms with Crippen LogP contribution in [0.5, 0.6) is 0 Å². The van der Waals surface area contributed by atoms with Crippen LogP contribution in [0.1, 0.15) is 20.3 Å². The molecular weight excluding hydrogens is 184 g/mol. The van der Waals surface area contributed by atoms with Gasteiger partial charge in [-0.15, -0.1) is 0 Å². The summed E-state index contributed by atoms with van der Waals surface area (Å²) in [4.78, 5) is 22.7. The van der Waals surface area contributed by atoms with E-state index in [-0.39, 0.29) is 18.3 Å². The van der Waals surface area contributed by atoms with E-state index in [1.807, 2.05) is 0 Å². The molecule has 1 atom stereocenters. The number of rotatable bonds is 3. The zero-order valence-corrected chi connectivity index (χ0v) is 8.55. The maximum absolute atomic E-state index is 11.5. The summed E-state index contributed by atoms with van der Waals surface area (Å²) in [5, 5.41) is 5.73. The van der Waals surface area contributed by atoms with Gasteiger partial charge in [0, 0.05) is 13.1 Å². The summed E-state index contributed by atoms with van der Waals surface area (Å²) in [5.74, 6) is -0.489. The van der Waals surface area contributed by atoms with Crippen LogP contribution in [-0.4, -0.2) is 37.1 Å². The van der Waals surface area contributed by atoms with Crippen molar-refractivity contribution in [2.75, 3.05) is 19.7 Å². The Kier molecular flexibility index (Phi) is 3.46. The molecule has 1 aliphatic rings. The van der Waals surface area contributed by atoms with Gasteiger partial charge in [-0.2, -0.15) is 0 Å². The monoisotopic (exact) mass is 200 g/mol. The topological polar surface area (TPSA) is 67.4 Å². The fourth-order valence-corrected chi connectivity index (χ4v) is 1.43. The number of hydrogen-bond donors (Lipinski definition) is 2. The lowest BCUT2D eigenvalue weighted by Crippen LogP contribution is -2.62. The fraction of sp³-hybridized carbons (Fsp3) is 0.778. The van der Waals surface area contributed by atoms with Crippen molar-refractivity contribution in [1.82, 2.24) is 10.6 Å². The smallest absolute Gasteiger partial charge is 0.308 e. The number of piperazine rings is 1. The SMILES string of the molecule is CCOC(=O)CC1(C)NCCNC1=O. The highest BCUT2D eigenvalue weighted by Crippen LogP contribution is 2.12. The zero-order valence-electron chi connectivity index (χ0n) is 8.55. The van der Waals surface area contributed by atoms with Crippen LogP contribution < -0.4 is 10.6 Å². The van der Waals surface area contributed by atoms with Crippen LogP contribution in [0.15, 0.2) is 0 Å². The van der Waals surface area contributed by atoms with Crippen molar-refractivity contribution in [3.05, 3.63) is 0 Å². The summed E-state index contributed by atoms with van der Waals surface area (Å²) in [6, 6.07) is 0. The van der Waals surface area contributed by atoms with Crippen molar-refractivity contribution in [1.29, 1.82) is 0 Å². The van der Waals surface area contributed by atoms with Crippen molar-refractivity contribution >= 4 is 11.9 Å². The molecule has 14 heavy (non-hydrogen) atoms. The Hall–Kier alpha value is -1.10. The number of hydrogen-bond acceptors (Lipinski definition) is 4. The maximum atomic E-state index is 11.5. The second-order valence-electron chi connectivity index (χ2n) is 3.50. The first-order valence-electron chi connectivity index (χ1n) is 4.77. The number of carbonyl (C=O) groups is 2. The van der Waals surface area contributed by atoms with E-state index < -0.39 is 5.54 Å². The van der Waals surface area contributed by atoms with E-state index in [4.69, 9.17) is 4.74 Å². The average molecular weight is 200 g/mol. The van der Waals surface area contributed by atoms with Crippen LogP contribution in [0.2, 0.25) is 0 Å². The summed E-state index contributed by atoms with van der Waals surface area (Å²) >= 11 is 0. The maximum Gasteiger partial charge on any atom is 0.308 e. The number of amides is 1. The zero-order chi connectivity index (χ0) is 10.6. The summed E-state index contributed by atoms with van der Waals surface area (Å²) in [6.07, 6.45) is 0.0761.